The van der Waals surface area contributed by atoms with Crippen molar-refractivity contribution in [2.75, 3.05) is 11.9 Å². The first-order valence-corrected chi connectivity index (χ1v) is 9.55. The molecule has 2 aromatic heterocycles. The number of carbonyl (C=O) groups excluding carboxylic acids is 1. The van der Waals surface area contributed by atoms with E-state index in [2.05, 4.69) is 34.8 Å². The Morgan fingerprint density at radius 1 is 1.42 bits per heavy atom. The third-order valence-corrected chi connectivity index (χ3v) is 5.70. The number of nitrogens with one attached hydrogen (secondary N) is 1. The molecule has 2 aromatic rings. The predicted molar refractivity (Wildman–Crippen MR) is 95.3 cm³/mol. The summed E-state index contributed by atoms with van der Waals surface area (Å²) >= 11 is 1.50. The van der Waals surface area contributed by atoms with Crippen LogP contribution in [0.4, 0.5) is 5.13 Å². The van der Waals surface area contributed by atoms with Gasteiger partial charge in [0.2, 0.25) is 5.91 Å². The van der Waals surface area contributed by atoms with Crippen LogP contribution in [0.2, 0.25) is 0 Å². The Balaban J connectivity index is 1.53. The number of hydrogen-bond acceptors (Lipinski definition) is 4. The van der Waals surface area contributed by atoms with E-state index in [0.29, 0.717) is 11.2 Å². The molecule has 4 rings (SSSR count). The molecule has 5 nitrogen and oxygen atoms in total. The molecule has 1 saturated heterocycles. The minimum absolute atomic E-state index is 0.111. The number of thiazole rings is 1. The second kappa shape index (κ2) is 6.33. The average molecular weight is 345 g/mol. The molecule has 1 amide bonds. The molecule has 0 aromatic carbocycles. The van der Waals surface area contributed by atoms with Crippen LogP contribution in [0.1, 0.15) is 37.1 Å². The van der Waals surface area contributed by atoms with E-state index in [1.165, 1.54) is 22.7 Å². The molecule has 24 heavy (non-hydrogen) atoms. The van der Waals surface area contributed by atoms with Gasteiger partial charge in [0.25, 0.3) is 0 Å². The zero-order valence-corrected chi connectivity index (χ0v) is 15.0. The lowest BCUT2D eigenvalue weighted by molar-refractivity contribution is -0.117. The van der Waals surface area contributed by atoms with Gasteiger partial charge in [0.15, 0.2) is 5.13 Å². The van der Waals surface area contributed by atoms with Crippen LogP contribution in [0.5, 0.6) is 0 Å². The lowest BCUT2D eigenvalue weighted by Crippen LogP contribution is -2.16. The van der Waals surface area contributed by atoms with E-state index in [1.807, 2.05) is 5.38 Å². The van der Waals surface area contributed by atoms with Gasteiger partial charge in [0.05, 0.1) is 11.8 Å². The maximum Gasteiger partial charge on any atom is 0.229 e. The smallest absolute Gasteiger partial charge is 0.229 e. The van der Waals surface area contributed by atoms with Gasteiger partial charge in [-0.3, -0.25) is 4.79 Å². The zero-order valence-electron chi connectivity index (χ0n) is 14.2. The largest absolute Gasteiger partial charge is 0.376 e. The van der Waals surface area contributed by atoms with Crippen LogP contribution in [-0.2, 0) is 16.1 Å². The Kier molecular flexibility index (Phi) is 4.18. The summed E-state index contributed by atoms with van der Waals surface area (Å²) < 4.78 is 8.10. The lowest BCUT2D eigenvalue weighted by atomic mass is 10.2. The summed E-state index contributed by atoms with van der Waals surface area (Å²) in [6.07, 6.45) is 4.64. The van der Waals surface area contributed by atoms with Gasteiger partial charge in [-0.1, -0.05) is 0 Å². The third kappa shape index (κ3) is 3.13. The van der Waals surface area contributed by atoms with Crippen molar-refractivity contribution in [2.45, 2.75) is 52.2 Å². The first kappa shape index (κ1) is 15.8. The summed E-state index contributed by atoms with van der Waals surface area (Å²) in [7, 11) is 0. The number of hydrogen-bond donors (Lipinski definition) is 1. The van der Waals surface area contributed by atoms with Crippen molar-refractivity contribution < 1.29 is 9.53 Å². The molecular formula is C18H23N3O2S. The Hall–Kier alpha value is -1.66. The molecular weight excluding hydrogens is 322 g/mol. The highest BCUT2D eigenvalue weighted by Crippen LogP contribution is 2.33. The molecule has 0 spiro atoms. The number of ether oxygens (including phenoxy) is 1. The third-order valence-electron chi connectivity index (χ3n) is 4.94. The quantitative estimate of drug-likeness (QED) is 0.898. The van der Waals surface area contributed by atoms with Gasteiger partial charge < -0.3 is 14.6 Å². The summed E-state index contributed by atoms with van der Waals surface area (Å²) in [6, 6.07) is 2.19. The molecule has 1 aliphatic heterocycles. The summed E-state index contributed by atoms with van der Waals surface area (Å²) in [6.45, 7) is 6.06. The van der Waals surface area contributed by atoms with Gasteiger partial charge in [-0.15, -0.1) is 11.3 Å². The van der Waals surface area contributed by atoms with E-state index in [0.717, 1.165) is 50.1 Å². The number of rotatable bonds is 5. The molecule has 0 unspecified atom stereocenters. The number of carbonyl (C=O) groups is 1. The molecule has 3 heterocycles. The molecule has 0 bridgehead atoms. The molecule has 1 saturated carbocycles. The van der Waals surface area contributed by atoms with Crippen molar-refractivity contribution >= 4 is 22.4 Å². The van der Waals surface area contributed by atoms with Crippen molar-refractivity contribution in [1.29, 1.82) is 0 Å². The summed E-state index contributed by atoms with van der Waals surface area (Å²) in [4.78, 5) is 16.5. The molecule has 6 heteroatoms. The molecule has 0 radical (unpaired) electrons. The minimum atomic E-state index is 0.111. The fraction of sp³-hybridized carbons (Fsp3) is 0.556. The van der Waals surface area contributed by atoms with Gasteiger partial charge >= 0.3 is 0 Å². The lowest BCUT2D eigenvalue weighted by Gasteiger charge is -2.14. The van der Waals surface area contributed by atoms with Crippen molar-refractivity contribution in [2.24, 2.45) is 5.92 Å². The minimum Gasteiger partial charge on any atom is -0.376 e. The fourth-order valence-corrected chi connectivity index (χ4v) is 4.05. The zero-order chi connectivity index (χ0) is 16.7. The van der Waals surface area contributed by atoms with Crippen LogP contribution >= 0.6 is 11.3 Å². The second-order valence-electron chi connectivity index (χ2n) is 6.83. The van der Waals surface area contributed by atoms with Gasteiger partial charge in [-0.05, 0) is 45.6 Å². The normalized spacial score (nSPS) is 20.5. The number of aryl methyl sites for hydroxylation is 1. The van der Waals surface area contributed by atoms with Crippen LogP contribution in [0, 0.1) is 19.8 Å². The molecule has 1 atom stereocenters. The van der Waals surface area contributed by atoms with Crippen molar-refractivity contribution in [3.05, 3.63) is 22.8 Å². The molecule has 2 aliphatic rings. The maximum atomic E-state index is 11.9. The maximum absolute atomic E-state index is 11.9. The first-order valence-electron chi connectivity index (χ1n) is 8.67. The fourth-order valence-electron chi connectivity index (χ4n) is 3.34. The SMILES string of the molecule is Cc1cc(-c2csc(NC(=O)C3CC3)n2)c(C)n1C[C@H]1CCCO1. The predicted octanol–water partition coefficient (Wildman–Crippen LogP) is 3.76. The Morgan fingerprint density at radius 3 is 2.96 bits per heavy atom. The Morgan fingerprint density at radius 2 is 2.25 bits per heavy atom. The standard InChI is InChI=1S/C18H23N3O2S/c1-11-8-15(12(2)21(11)9-14-4-3-7-23-14)16-10-24-18(19-16)20-17(22)13-5-6-13/h8,10,13-14H,3-7,9H2,1-2H3,(H,19,20,22)/t14-/m1/s1. The van der Waals surface area contributed by atoms with E-state index in [4.69, 9.17) is 4.74 Å². The number of aromatic nitrogens is 2. The van der Waals surface area contributed by atoms with Gasteiger partial charge in [-0.2, -0.15) is 0 Å². The Bertz CT molecular complexity index is 754. The molecule has 1 aliphatic carbocycles. The van der Waals surface area contributed by atoms with Crippen LogP contribution in [0.3, 0.4) is 0 Å². The highest BCUT2D eigenvalue weighted by Gasteiger charge is 2.30. The van der Waals surface area contributed by atoms with E-state index < -0.39 is 0 Å². The van der Waals surface area contributed by atoms with E-state index in [9.17, 15) is 4.79 Å². The summed E-state index contributed by atoms with van der Waals surface area (Å²) in [5.41, 5.74) is 4.54. The summed E-state index contributed by atoms with van der Waals surface area (Å²) in [5.74, 6) is 0.314. The highest BCUT2D eigenvalue weighted by molar-refractivity contribution is 7.14. The first-order chi connectivity index (χ1) is 11.6. The van der Waals surface area contributed by atoms with Crippen molar-refractivity contribution in [3.8, 4) is 11.3 Å². The molecule has 1 N–H and O–H groups in total. The topological polar surface area (TPSA) is 56.2 Å². The highest BCUT2D eigenvalue weighted by atomic mass is 32.1. The van der Waals surface area contributed by atoms with Crippen LogP contribution in [0.15, 0.2) is 11.4 Å². The van der Waals surface area contributed by atoms with Crippen molar-refractivity contribution in [1.82, 2.24) is 9.55 Å². The van der Waals surface area contributed by atoms with E-state index in [-0.39, 0.29) is 11.8 Å². The van der Waals surface area contributed by atoms with Gasteiger partial charge in [-0.25, -0.2) is 4.98 Å². The van der Waals surface area contributed by atoms with Crippen LogP contribution in [-0.4, -0.2) is 28.2 Å². The van der Waals surface area contributed by atoms with Gasteiger partial charge in [0, 0.05) is 41.4 Å². The summed E-state index contributed by atoms with van der Waals surface area (Å²) in [5, 5.41) is 5.66. The Labute approximate surface area is 146 Å². The monoisotopic (exact) mass is 345 g/mol. The van der Waals surface area contributed by atoms with Crippen LogP contribution < -0.4 is 5.32 Å². The number of nitrogens with zero attached hydrogens (tertiary/aromatic N) is 2. The van der Waals surface area contributed by atoms with E-state index >= 15 is 0 Å². The average Bonchev–Trinajstić information content (AvgIpc) is 2.98. The van der Waals surface area contributed by atoms with Crippen LogP contribution in [0.25, 0.3) is 11.3 Å². The van der Waals surface area contributed by atoms with E-state index in [1.54, 1.807) is 0 Å². The number of amides is 1. The number of anilines is 1. The van der Waals surface area contributed by atoms with Crippen molar-refractivity contribution in [3.63, 3.8) is 0 Å². The van der Waals surface area contributed by atoms with Gasteiger partial charge in [0.1, 0.15) is 0 Å². The second-order valence-corrected chi connectivity index (χ2v) is 7.69. The molecule has 2 fully saturated rings. The molecule has 128 valence electrons.